The van der Waals surface area contributed by atoms with E-state index in [1.807, 2.05) is 61.5 Å². The molecule has 1 aliphatic heterocycles. The number of methoxy groups -OCH3 is 1. The zero-order chi connectivity index (χ0) is 28.9. The van der Waals surface area contributed by atoms with Crippen LogP contribution >= 0.6 is 11.3 Å². The van der Waals surface area contributed by atoms with Crippen molar-refractivity contribution in [3.05, 3.63) is 126 Å². The molecule has 41 heavy (non-hydrogen) atoms. The molecule has 0 radical (unpaired) electrons. The Kier molecular flexibility index (Phi) is 8.26. The molecule has 0 bridgehead atoms. The van der Waals surface area contributed by atoms with E-state index in [0.29, 0.717) is 33.0 Å². The van der Waals surface area contributed by atoms with Gasteiger partial charge in [0.1, 0.15) is 5.75 Å². The molecule has 3 aromatic carbocycles. The summed E-state index contributed by atoms with van der Waals surface area (Å²) in [5.41, 5.74) is 3.04. The molecule has 4 aromatic rings. The monoisotopic (exact) mass is 568 g/mol. The van der Waals surface area contributed by atoms with Crippen LogP contribution in [-0.4, -0.2) is 36.8 Å². The topological polar surface area (TPSA) is 96.2 Å². The van der Waals surface area contributed by atoms with Gasteiger partial charge in [-0.15, -0.1) is 0 Å². The number of ether oxygens (including phenoxy) is 3. The predicted molar refractivity (Wildman–Crippen MR) is 156 cm³/mol. The molecule has 208 valence electrons. The molecule has 2 heterocycles. The second-order valence-corrected chi connectivity index (χ2v) is 10.1. The van der Waals surface area contributed by atoms with Crippen LogP contribution in [0.25, 0.3) is 11.8 Å². The highest BCUT2D eigenvalue weighted by molar-refractivity contribution is 7.07. The van der Waals surface area contributed by atoms with E-state index in [-0.39, 0.29) is 17.7 Å². The van der Waals surface area contributed by atoms with Gasteiger partial charge in [-0.05, 0) is 55.3 Å². The van der Waals surface area contributed by atoms with Crippen molar-refractivity contribution in [1.82, 2.24) is 4.57 Å². The van der Waals surface area contributed by atoms with Crippen molar-refractivity contribution in [2.24, 2.45) is 4.99 Å². The number of carbonyl (C=O) groups is 2. The minimum Gasteiger partial charge on any atom is -0.494 e. The van der Waals surface area contributed by atoms with Gasteiger partial charge in [-0.3, -0.25) is 9.36 Å². The molecular formula is C32H28N2O6S. The van der Waals surface area contributed by atoms with Gasteiger partial charge in [0, 0.05) is 5.56 Å². The quantitative estimate of drug-likeness (QED) is 0.297. The smallest absolute Gasteiger partial charge is 0.338 e. The molecule has 5 rings (SSSR count). The number of aromatic nitrogens is 1. The number of nitrogens with zero attached hydrogens (tertiary/aromatic N) is 2. The first-order valence-corrected chi connectivity index (χ1v) is 14.0. The highest BCUT2D eigenvalue weighted by Crippen LogP contribution is 2.35. The van der Waals surface area contributed by atoms with Crippen LogP contribution in [-0.2, 0) is 14.3 Å². The fourth-order valence-corrected chi connectivity index (χ4v) is 5.65. The fraction of sp³-hybridized carbons (Fsp3) is 0.188. The minimum atomic E-state index is -0.778. The number of benzene rings is 3. The highest BCUT2D eigenvalue weighted by Gasteiger charge is 2.35. The van der Waals surface area contributed by atoms with Gasteiger partial charge in [0.2, 0.25) is 0 Å². The van der Waals surface area contributed by atoms with Gasteiger partial charge in [-0.25, -0.2) is 14.6 Å². The van der Waals surface area contributed by atoms with Crippen molar-refractivity contribution in [2.75, 3.05) is 20.3 Å². The second-order valence-electron chi connectivity index (χ2n) is 9.05. The number of rotatable bonds is 8. The third-order valence-corrected chi connectivity index (χ3v) is 7.49. The summed E-state index contributed by atoms with van der Waals surface area (Å²) in [5.74, 6) is -0.295. The third-order valence-electron chi connectivity index (χ3n) is 6.51. The summed E-state index contributed by atoms with van der Waals surface area (Å²) in [5, 5.41) is 0. The van der Waals surface area contributed by atoms with Crippen LogP contribution in [0.5, 0.6) is 5.75 Å². The normalized spacial score (nSPS) is 14.7. The van der Waals surface area contributed by atoms with Gasteiger partial charge in [0.15, 0.2) is 4.80 Å². The van der Waals surface area contributed by atoms with E-state index in [4.69, 9.17) is 19.2 Å². The molecule has 8 nitrogen and oxygen atoms in total. The van der Waals surface area contributed by atoms with Crippen molar-refractivity contribution in [2.45, 2.75) is 19.9 Å². The molecule has 1 aromatic heterocycles. The molecule has 0 aliphatic carbocycles. The lowest BCUT2D eigenvalue weighted by Crippen LogP contribution is -2.40. The zero-order valence-electron chi connectivity index (χ0n) is 22.8. The average molecular weight is 569 g/mol. The number of fused-ring (bicyclic) bond motifs is 1. The molecule has 1 atom stereocenters. The molecule has 0 saturated heterocycles. The summed E-state index contributed by atoms with van der Waals surface area (Å²) in [4.78, 5) is 44.7. The summed E-state index contributed by atoms with van der Waals surface area (Å²) in [7, 11) is 1.33. The van der Waals surface area contributed by atoms with Crippen LogP contribution in [0.15, 0.2) is 94.2 Å². The zero-order valence-corrected chi connectivity index (χ0v) is 23.6. The number of hydrogen-bond acceptors (Lipinski definition) is 8. The lowest BCUT2D eigenvalue weighted by atomic mass is 9.93. The van der Waals surface area contributed by atoms with Crippen LogP contribution < -0.4 is 19.6 Å². The van der Waals surface area contributed by atoms with Crippen molar-refractivity contribution in [1.29, 1.82) is 0 Å². The lowest BCUT2D eigenvalue weighted by Gasteiger charge is -2.26. The maximum absolute atomic E-state index is 14.0. The second kappa shape index (κ2) is 12.2. The predicted octanol–water partition coefficient (Wildman–Crippen LogP) is 4.12. The number of esters is 2. The molecule has 0 N–H and O–H groups in total. The average Bonchev–Trinajstić information content (AvgIpc) is 3.31. The van der Waals surface area contributed by atoms with Crippen LogP contribution in [0.2, 0.25) is 0 Å². The summed E-state index contributed by atoms with van der Waals surface area (Å²) in [6.07, 6.45) is 1.75. The third kappa shape index (κ3) is 5.62. The number of carbonyl (C=O) groups excluding carboxylic acids is 2. The van der Waals surface area contributed by atoms with E-state index in [2.05, 4.69) is 0 Å². The standard InChI is InChI=1S/C32H28N2O6S/c1-4-39-24-17-15-22(16-18-24)28-26(31(37)40-5-2)27(21-9-7-6-8-10-21)33-32-34(28)29(35)25(41-32)19-20-11-13-23(14-12-20)30(36)38-3/h6-19,28H,4-5H2,1-3H3/b25-19-/t28-/m1/s1. The van der Waals surface area contributed by atoms with E-state index < -0.39 is 18.0 Å². The summed E-state index contributed by atoms with van der Waals surface area (Å²) >= 11 is 1.23. The van der Waals surface area contributed by atoms with E-state index >= 15 is 0 Å². The molecule has 9 heteroatoms. The molecule has 0 spiro atoms. The van der Waals surface area contributed by atoms with Gasteiger partial charge in [0.05, 0.1) is 47.7 Å². The summed E-state index contributed by atoms with van der Waals surface area (Å²) in [6, 6.07) is 22.7. The minimum absolute atomic E-state index is 0.173. The van der Waals surface area contributed by atoms with Gasteiger partial charge in [0.25, 0.3) is 5.56 Å². The number of hydrogen-bond donors (Lipinski definition) is 0. The number of thiazole rings is 1. The van der Waals surface area contributed by atoms with Gasteiger partial charge in [-0.2, -0.15) is 0 Å². The van der Waals surface area contributed by atoms with Crippen molar-refractivity contribution >= 4 is 35.0 Å². The van der Waals surface area contributed by atoms with Crippen molar-refractivity contribution in [3.8, 4) is 5.75 Å². The van der Waals surface area contributed by atoms with Gasteiger partial charge < -0.3 is 14.2 Å². The molecule has 0 saturated carbocycles. The van der Waals surface area contributed by atoms with Crippen LogP contribution in [0, 0.1) is 0 Å². The fourth-order valence-electron chi connectivity index (χ4n) is 4.65. The lowest BCUT2D eigenvalue weighted by molar-refractivity contribution is -0.138. The SMILES string of the molecule is CCOC(=O)C1=C(c2ccccc2)N=c2s/c(=C\c3ccc(C(=O)OC)cc3)c(=O)n2[C@@H]1c1ccc(OCC)cc1. The van der Waals surface area contributed by atoms with Gasteiger partial charge >= 0.3 is 11.9 Å². The maximum atomic E-state index is 14.0. The Balaban J connectivity index is 1.74. The highest BCUT2D eigenvalue weighted by atomic mass is 32.1. The first-order chi connectivity index (χ1) is 19.9. The van der Waals surface area contributed by atoms with E-state index in [1.54, 1.807) is 41.8 Å². The molecule has 1 aliphatic rings. The van der Waals surface area contributed by atoms with E-state index in [9.17, 15) is 14.4 Å². The summed E-state index contributed by atoms with van der Waals surface area (Å²) < 4.78 is 17.9. The summed E-state index contributed by atoms with van der Waals surface area (Å²) in [6.45, 7) is 4.34. The Bertz CT molecular complexity index is 1790. The Morgan fingerprint density at radius 3 is 2.27 bits per heavy atom. The Morgan fingerprint density at radius 1 is 0.927 bits per heavy atom. The molecular weight excluding hydrogens is 540 g/mol. The van der Waals surface area contributed by atoms with Crippen LogP contribution in [0.4, 0.5) is 0 Å². The van der Waals surface area contributed by atoms with Crippen LogP contribution in [0.1, 0.15) is 46.9 Å². The largest absolute Gasteiger partial charge is 0.494 e. The van der Waals surface area contributed by atoms with Gasteiger partial charge in [-0.1, -0.05) is 65.9 Å². The molecule has 0 amide bonds. The van der Waals surface area contributed by atoms with E-state index in [0.717, 1.165) is 16.7 Å². The molecule has 0 fully saturated rings. The maximum Gasteiger partial charge on any atom is 0.338 e. The Morgan fingerprint density at radius 2 is 1.63 bits per heavy atom. The Hall–Kier alpha value is -4.76. The first-order valence-electron chi connectivity index (χ1n) is 13.1. The van der Waals surface area contributed by atoms with Crippen LogP contribution in [0.3, 0.4) is 0 Å². The Labute approximate surface area is 240 Å². The van der Waals surface area contributed by atoms with E-state index in [1.165, 1.54) is 18.4 Å². The van der Waals surface area contributed by atoms with Crippen molar-refractivity contribution in [3.63, 3.8) is 0 Å². The molecule has 0 unspecified atom stereocenters. The first kappa shape index (κ1) is 27.8. The van der Waals surface area contributed by atoms with Crippen molar-refractivity contribution < 1.29 is 23.8 Å².